The van der Waals surface area contributed by atoms with Gasteiger partial charge in [-0.1, -0.05) is 0 Å². The molecule has 0 bridgehead atoms. The zero-order valence-corrected chi connectivity index (χ0v) is 8.47. The van der Waals surface area contributed by atoms with Crippen LogP contribution in [0.1, 0.15) is 34.6 Å². The second-order valence-electron chi connectivity index (χ2n) is 4.67. The smallest absolute Gasteiger partial charge is 0.229 e. The molecule has 0 unspecified atom stereocenters. The van der Waals surface area contributed by atoms with Crippen molar-refractivity contribution in [2.45, 2.75) is 45.7 Å². The lowest BCUT2D eigenvalue weighted by Crippen LogP contribution is -2.48. The van der Waals surface area contributed by atoms with Crippen LogP contribution in [0.3, 0.4) is 0 Å². The summed E-state index contributed by atoms with van der Waals surface area (Å²) in [4.78, 5) is 10.2. The zero-order chi connectivity index (χ0) is 9.99. The molecule has 0 aromatic rings. The molecule has 0 aliphatic carbocycles. The van der Waals surface area contributed by atoms with Gasteiger partial charge < -0.3 is 5.32 Å². The van der Waals surface area contributed by atoms with E-state index in [4.69, 9.17) is 0 Å². The van der Waals surface area contributed by atoms with Gasteiger partial charge in [0.1, 0.15) is 0 Å². The fourth-order valence-corrected chi connectivity index (χ4v) is 0.546. The molecule has 0 saturated heterocycles. The van der Waals surface area contributed by atoms with E-state index in [1.165, 1.54) is 0 Å². The fourth-order valence-electron chi connectivity index (χ4n) is 0.546. The van der Waals surface area contributed by atoms with Crippen LogP contribution in [0.5, 0.6) is 0 Å². The first-order valence-corrected chi connectivity index (χ1v) is 4.05. The highest BCUT2D eigenvalue weighted by atomic mass is 16.6. The summed E-state index contributed by atoms with van der Waals surface area (Å²) in [5, 5.41) is 13.6. The molecule has 0 rings (SSSR count). The highest BCUT2D eigenvalue weighted by molar-refractivity contribution is 4.77. The van der Waals surface area contributed by atoms with Crippen molar-refractivity contribution in [1.82, 2.24) is 5.32 Å². The van der Waals surface area contributed by atoms with Crippen LogP contribution in [0.15, 0.2) is 0 Å². The van der Waals surface area contributed by atoms with E-state index in [0.717, 1.165) is 0 Å². The van der Waals surface area contributed by atoms with Gasteiger partial charge in [-0.25, -0.2) is 0 Å². The van der Waals surface area contributed by atoms with E-state index in [9.17, 15) is 10.1 Å². The van der Waals surface area contributed by atoms with Gasteiger partial charge in [0.15, 0.2) is 0 Å². The van der Waals surface area contributed by atoms with Crippen LogP contribution in [0.25, 0.3) is 0 Å². The van der Waals surface area contributed by atoms with Gasteiger partial charge in [0.05, 0.1) is 6.54 Å². The number of hydrogen-bond donors (Lipinski definition) is 1. The molecule has 72 valence electrons. The average molecular weight is 174 g/mol. The van der Waals surface area contributed by atoms with Gasteiger partial charge in [-0.2, -0.15) is 0 Å². The van der Waals surface area contributed by atoms with E-state index in [0.29, 0.717) is 6.54 Å². The fraction of sp³-hybridized carbons (Fsp3) is 1.00. The molecule has 0 aromatic heterocycles. The van der Waals surface area contributed by atoms with Gasteiger partial charge in [0.25, 0.3) is 0 Å². The number of nitrogens with zero attached hydrogens (tertiary/aromatic N) is 1. The van der Waals surface area contributed by atoms with Crippen molar-refractivity contribution in [3.63, 3.8) is 0 Å². The maximum Gasteiger partial charge on any atom is 0.229 e. The Balaban J connectivity index is 4.01. The minimum Gasteiger partial charge on any atom is -0.305 e. The average Bonchev–Trinajstić information content (AvgIpc) is 1.82. The second kappa shape index (κ2) is 3.39. The standard InChI is InChI=1S/C8H18N2O2/c1-7(2,3)9-6-8(4,5)10(11)12/h9H,6H2,1-5H3. The lowest BCUT2D eigenvalue weighted by atomic mass is 10.0. The molecule has 0 amide bonds. The maximum atomic E-state index is 10.5. The van der Waals surface area contributed by atoms with Crippen molar-refractivity contribution in [2.75, 3.05) is 6.54 Å². The summed E-state index contributed by atoms with van der Waals surface area (Å²) in [7, 11) is 0. The van der Waals surface area contributed by atoms with Crippen molar-refractivity contribution in [1.29, 1.82) is 0 Å². The van der Waals surface area contributed by atoms with Crippen LogP contribution >= 0.6 is 0 Å². The van der Waals surface area contributed by atoms with Crippen molar-refractivity contribution in [2.24, 2.45) is 0 Å². The molecule has 0 spiro atoms. The quantitative estimate of drug-likeness (QED) is 0.520. The van der Waals surface area contributed by atoms with E-state index in [-0.39, 0.29) is 10.5 Å². The highest BCUT2D eigenvalue weighted by Gasteiger charge is 2.31. The molecule has 0 aliphatic heterocycles. The molecular formula is C8H18N2O2. The molecule has 0 aliphatic rings. The van der Waals surface area contributed by atoms with Crippen molar-refractivity contribution in [3.8, 4) is 0 Å². The van der Waals surface area contributed by atoms with Crippen molar-refractivity contribution in [3.05, 3.63) is 10.1 Å². The first-order chi connectivity index (χ1) is 5.15. The van der Waals surface area contributed by atoms with Crippen LogP contribution in [-0.2, 0) is 0 Å². The predicted octanol–water partition coefficient (Wildman–Crippen LogP) is 1.43. The summed E-state index contributed by atoms with van der Waals surface area (Å²) in [6, 6.07) is 0. The van der Waals surface area contributed by atoms with Crippen LogP contribution in [0.4, 0.5) is 0 Å². The summed E-state index contributed by atoms with van der Waals surface area (Å²) >= 11 is 0. The number of hydrogen-bond acceptors (Lipinski definition) is 3. The van der Waals surface area contributed by atoms with E-state index < -0.39 is 5.54 Å². The maximum absolute atomic E-state index is 10.5. The third-order valence-corrected chi connectivity index (χ3v) is 1.55. The van der Waals surface area contributed by atoms with Gasteiger partial charge in [-0.3, -0.25) is 10.1 Å². The Morgan fingerprint density at radius 2 is 1.67 bits per heavy atom. The van der Waals surface area contributed by atoms with Gasteiger partial charge >= 0.3 is 0 Å². The Morgan fingerprint density at radius 3 is 1.92 bits per heavy atom. The molecule has 4 nitrogen and oxygen atoms in total. The Kier molecular flexibility index (Phi) is 3.21. The van der Waals surface area contributed by atoms with Crippen LogP contribution in [-0.4, -0.2) is 22.5 Å². The van der Waals surface area contributed by atoms with E-state index in [1.807, 2.05) is 20.8 Å². The molecule has 0 heterocycles. The molecule has 0 radical (unpaired) electrons. The van der Waals surface area contributed by atoms with Crippen molar-refractivity contribution < 1.29 is 4.92 Å². The van der Waals surface area contributed by atoms with Gasteiger partial charge in [-0.15, -0.1) is 0 Å². The van der Waals surface area contributed by atoms with Gasteiger partial charge in [0, 0.05) is 24.3 Å². The third kappa shape index (κ3) is 4.28. The van der Waals surface area contributed by atoms with Crippen LogP contribution in [0, 0.1) is 10.1 Å². The second-order valence-corrected chi connectivity index (χ2v) is 4.67. The lowest BCUT2D eigenvalue weighted by molar-refractivity contribution is -0.558. The Hall–Kier alpha value is -0.640. The molecule has 0 atom stereocenters. The SMILES string of the molecule is CC(C)(C)NCC(C)(C)[N+](=O)[O-]. The zero-order valence-electron chi connectivity index (χ0n) is 8.47. The molecule has 4 heteroatoms. The van der Waals surface area contributed by atoms with E-state index in [1.54, 1.807) is 13.8 Å². The first-order valence-electron chi connectivity index (χ1n) is 4.05. The summed E-state index contributed by atoms with van der Waals surface area (Å²) in [6.45, 7) is 9.59. The first kappa shape index (κ1) is 11.4. The van der Waals surface area contributed by atoms with Crippen LogP contribution in [0.2, 0.25) is 0 Å². The lowest BCUT2D eigenvalue weighted by Gasteiger charge is -2.24. The van der Waals surface area contributed by atoms with Gasteiger partial charge in [-0.05, 0) is 20.8 Å². The summed E-state index contributed by atoms with van der Waals surface area (Å²) in [5.41, 5.74) is -0.944. The molecule has 12 heavy (non-hydrogen) atoms. The van der Waals surface area contributed by atoms with E-state index in [2.05, 4.69) is 5.32 Å². The minimum atomic E-state index is -0.882. The van der Waals surface area contributed by atoms with E-state index >= 15 is 0 Å². The topological polar surface area (TPSA) is 55.2 Å². The third-order valence-electron chi connectivity index (χ3n) is 1.55. The molecule has 0 saturated carbocycles. The number of nitrogens with one attached hydrogen (secondary N) is 1. The predicted molar refractivity (Wildman–Crippen MR) is 48.8 cm³/mol. The summed E-state index contributed by atoms with van der Waals surface area (Å²) < 4.78 is 0. The minimum absolute atomic E-state index is 0.0622. The molecule has 0 fully saturated rings. The molecule has 1 N–H and O–H groups in total. The molecule has 0 aromatic carbocycles. The largest absolute Gasteiger partial charge is 0.305 e. The van der Waals surface area contributed by atoms with Gasteiger partial charge in [0.2, 0.25) is 5.54 Å². The monoisotopic (exact) mass is 174 g/mol. The Bertz CT molecular complexity index is 170. The number of rotatable bonds is 3. The summed E-state index contributed by atoms with van der Waals surface area (Å²) in [5.74, 6) is 0. The van der Waals surface area contributed by atoms with Crippen molar-refractivity contribution >= 4 is 0 Å². The number of nitro groups is 1. The normalized spacial score (nSPS) is 13.1. The molecular weight excluding hydrogens is 156 g/mol. The Labute approximate surface area is 73.5 Å². The van der Waals surface area contributed by atoms with Crippen LogP contribution < -0.4 is 5.32 Å². The summed E-state index contributed by atoms with van der Waals surface area (Å²) in [6.07, 6.45) is 0. The Morgan fingerprint density at radius 1 is 1.25 bits per heavy atom. The highest BCUT2D eigenvalue weighted by Crippen LogP contribution is 2.08.